The number of rotatable bonds is 2. The van der Waals surface area contributed by atoms with Crippen LogP contribution in [0.2, 0.25) is 0 Å². The zero-order valence-electron chi connectivity index (χ0n) is 8.99. The highest BCUT2D eigenvalue weighted by Gasteiger charge is 2.16. The zero-order chi connectivity index (χ0) is 13.3. The van der Waals surface area contributed by atoms with E-state index in [4.69, 9.17) is 11.0 Å². The van der Waals surface area contributed by atoms with Crippen LogP contribution in [0.25, 0.3) is 0 Å². The van der Waals surface area contributed by atoms with Crippen molar-refractivity contribution in [1.29, 1.82) is 5.26 Å². The molecule has 0 radical (unpaired) electrons. The van der Waals surface area contributed by atoms with Crippen molar-refractivity contribution in [3.8, 4) is 6.07 Å². The number of hydrogen-bond donors (Lipinski definition) is 1. The molecule has 0 atom stereocenters. The maximum Gasteiger partial charge on any atom is 0.183 e. The highest BCUT2D eigenvalue weighted by Crippen LogP contribution is 2.22. The number of imidazole rings is 1. The molecule has 0 amide bonds. The van der Waals surface area contributed by atoms with E-state index in [2.05, 4.69) is 20.9 Å². The van der Waals surface area contributed by atoms with Crippen molar-refractivity contribution in [2.75, 3.05) is 5.73 Å². The van der Waals surface area contributed by atoms with Crippen molar-refractivity contribution in [1.82, 2.24) is 9.55 Å². The van der Waals surface area contributed by atoms with Gasteiger partial charge in [-0.1, -0.05) is 6.07 Å². The van der Waals surface area contributed by atoms with Crippen LogP contribution in [0.5, 0.6) is 0 Å². The number of aromatic nitrogens is 2. The largest absolute Gasteiger partial charge is 0.383 e. The second-order valence-electron chi connectivity index (χ2n) is 3.51. The molecule has 0 aliphatic carbocycles. The average molecular weight is 313 g/mol. The molecule has 0 bridgehead atoms. The maximum absolute atomic E-state index is 13.5. The van der Waals surface area contributed by atoms with Gasteiger partial charge in [0.2, 0.25) is 0 Å². The van der Waals surface area contributed by atoms with E-state index in [0.29, 0.717) is 0 Å². The van der Waals surface area contributed by atoms with E-state index in [1.54, 1.807) is 6.07 Å². The highest BCUT2D eigenvalue weighted by atomic mass is 79.9. The molecule has 0 unspecified atom stereocenters. The summed E-state index contributed by atoms with van der Waals surface area (Å²) in [5.41, 5.74) is 5.55. The minimum Gasteiger partial charge on any atom is -0.383 e. The van der Waals surface area contributed by atoms with Crippen LogP contribution in [0.15, 0.2) is 22.9 Å². The molecule has 1 aromatic carbocycles. The third-order valence-electron chi connectivity index (χ3n) is 2.44. The number of nitrogens with zero attached hydrogens (tertiary/aromatic N) is 3. The summed E-state index contributed by atoms with van der Waals surface area (Å²) in [6, 6.07) is 5.39. The molecule has 0 saturated heterocycles. The predicted octanol–water partition coefficient (Wildman–Crippen LogP) is 2.43. The van der Waals surface area contributed by atoms with Gasteiger partial charge < -0.3 is 5.73 Å². The standard InChI is InChI=1S/C11H7BrF2N4/c12-11-17-9(4-15)10(16)18(11)5-6-7(13)2-1-3-8(6)14/h1-3H,5,16H2. The molecule has 0 fully saturated rings. The van der Waals surface area contributed by atoms with Crippen molar-refractivity contribution < 1.29 is 8.78 Å². The first-order valence-electron chi connectivity index (χ1n) is 4.89. The van der Waals surface area contributed by atoms with Gasteiger partial charge in [-0.3, -0.25) is 4.57 Å². The Morgan fingerprint density at radius 3 is 2.50 bits per heavy atom. The molecule has 7 heteroatoms. The van der Waals surface area contributed by atoms with E-state index >= 15 is 0 Å². The van der Waals surface area contributed by atoms with Crippen molar-refractivity contribution in [2.45, 2.75) is 6.54 Å². The second-order valence-corrected chi connectivity index (χ2v) is 4.22. The lowest BCUT2D eigenvalue weighted by molar-refractivity contribution is 0.544. The number of halogens is 3. The van der Waals surface area contributed by atoms with E-state index in [9.17, 15) is 8.78 Å². The van der Waals surface area contributed by atoms with E-state index in [0.717, 1.165) is 12.1 Å². The van der Waals surface area contributed by atoms with Gasteiger partial charge in [0.1, 0.15) is 23.5 Å². The molecule has 18 heavy (non-hydrogen) atoms. The normalized spacial score (nSPS) is 10.3. The summed E-state index contributed by atoms with van der Waals surface area (Å²) in [4.78, 5) is 3.83. The first-order valence-corrected chi connectivity index (χ1v) is 5.68. The van der Waals surface area contributed by atoms with Crippen LogP contribution in [0.3, 0.4) is 0 Å². The molecule has 0 spiro atoms. The molecular formula is C11H7BrF2N4. The first-order chi connectivity index (χ1) is 8.54. The van der Waals surface area contributed by atoms with Gasteiger partial charge in [-0.25, -0.2) is 13.8 Å². The highest BCUT2D eigenvalue weighted by molar-refractivity contribution is 9.10. The van der Waals surface area contributed by atoms with Gasteiger partial charge in [0.15, 0.2) is 10.4 Å². The summed E-state index contributed by atoms with van der Waals surface area (Å²) in [5.74, 6) is -1.28. The van der Waals surface area contributed by atoms with Crippen LogP contribution in [0, 0.1) is 23.0 Å². The Hall–Kier alpha value is -1.94. The second kappa shape index (κ2) is 4.74. The third-order valence-corrected chi connectivity index (χ3v) is 3.05. The summed E-state index contributed by atoms with van der Waals surface area (Å²) < 4.78 is 28.6. The van der Waals surface area contributed by atoms with Gasteiger partial charge in [0.05, 0.1) is 6.54 Å². The summed E-state index contributed by atoms with van der Waals surface area (Å²) in [6.45, 7) is -0.139. The fraction of sp³-hybridized carbons (Fsp3) is 0.0909. The molecule has 1 aromatic heterocycles. The van der Waals surface area contributed by atoms with Crippen molar-refractivity contribution in [3.63, 3.8) is 0 Å². The van der Waals surface area contributed by atoms with Crippen LogP contribution < -0.4 is 5.73 Å². The van der Waals surface area contributed by atoms with Crippen LogP contribution in [-0.4, -0.2) is 9.55 Å². The topological polar surface area (TPSA) is 67.6 Å². The lowest BCUT2D eigenvalue weighted by Crippen LogP contribution is -2.08. The molecule has 0 saturated carbocycles. The minimum absolute atomic E-state index is 0.0126. The van der Waals surface area contributed by atoms with Crippen molar-refractivity contribution in [2.24, 2.45) is 0 Å². The molecular weight excluding hydrogens is 306 g/mol. The van der Waals surface area contributed by atoms with Crippen LogP contribution in [0.1, 0.15) is 11.3 Å². The minimum atomic E-state index is -0.673. The smallest absolute Gasteiger partial charge is 0.183 e. The maximum atomic E-state index is 13.5. The molecule has 1 heterocycles. The molecule has 0 aliphatic heterocycles. The summed E-state index contributed by atoms with van der Waals surface area (Å²) in [6.07, 6.45) is 0. The fourth-order valence-electron chi connectivity index (χ4n) is 1.51. The Kier molecular flexibility index (Phi) is 3.30. The third kappa shape index (κ3) is 2.07. The van der Waals surface area contributed by atoms with E-state index in [1.165, 1.54) is 10.6 Å². The Bertz CT molecular complexity index is 625. The molecule has 2 rings (SSSR count). The molecule has 92 valence electrons. The fourth-order valence-corrected chi connectivity index (χ4v) is 2.01. The van der Waals surface area contributed by atoms with Gasteiger partial charge >= 0.3 is 0 Å². The van der Waals surface area contributed by atoms with Gasteiger partial charge in [-0.05, 0) is 28.1 Å². The Balaban J connectivity index is 2.47. The number of benzene rings is 1. The molecule has 2 N–H and O–H groups in total. The van der Waals surface area contributed by atoms with Gasteiger partial charge in [-0.15, -0.1) is 0 Å². The van der Waals surface area contributed by atoms with Crippen LogP contribution in [0.4, 0.5) is 14.6 Å². The number of nitrogen functional groups attached to an aromatic ring is 1. The molecule has 2 aromatic rings. The SMILES string of the molecule is N#Cc1nc(Br)n(Cc2c(F)cccc2F)c1N. The van der Waals surface area contributed by atoms with Crippen molar-refractivity contribution in [3.05, 3.63) is 45.8 Å². The van der Waals surface area contributed by atoms with E-state index < -0.39 is 11.6 Å². The average Bonchev–Trinajstić information content (AvgIpc) is 2.60. The van der Waals surface area contributed by atoms with Crippen molar-refractivity contribution >= 4 is 21.7 Å². The number of hydrogen-bond acceptors (Lipinski definition) is 3. The van der Waals surface area contributed by atoms with E-state index in [1.807, 2.05) is 0 Å². The lowest BCUT2D eigenvalue weighted by Gasteiger charge is -2.08. The summed E-state index contributed by atoms with van der Waals surface area (Å²) >= 11 is 3.09. The van der Waals surface area contributed by atoms with Gasteiger partial charge in [0.25, 0.3) is 0 Å². The Morgan fingerprint density at radius 2 is 2.00 bits per heavy atom. The number of nitrogens with two attached hydrogens (primary N) is 1. The zero-order valence-corrected chi connectivity index (χ0v) is 10.6. The Morgan fingerprint density at radius 1 is 1.39 bits per heavy atom. The van der Waals surface area contributed by atoms with E-state index in [-0.39, 0.29) is 28.4 Å². The van der Waals surface area contributed by atoms with Crippen LogP contribution in [-0.2, 0) is 6.54 Å². The quantitative estimate of drug-likeness (QED) is 0.926. The molecule has 4 nitrogen and oxygen atoms in total. The summed E-state index contributed by atoms with van der Waals surface area (Å²) in [5, 5.41) is 8.76. The van der Waals surface area contributed by atoms with Crippen LogP contribution >= 0.6 is 15.9 Å². The number of nitriles is 1. The lowest BCUT2D eigenvalue weighted by atomic mass is 10.2. The monoisotopic (exact) mass is 312 g/mol. The first kappa shape index (κ1) is 12.5. The summed E-state index contributed by atoms with van der Waals surface area (Å²) in [7, 11) is 0. The molecule has 0 aliphatic rings. The van der Waals surface area contributed by atoms with Gasteiger partial charge in [0, 0.05) is 5.56 Å². The Labute approximate surface area is 110 Å². The predicted molar refractivity (Wildman–Crippen MR) is 64.5 cm³/mol. The van der Waals surface area contributed by atoms with Gasteiger partial charge in [-0.2, -0.15) is 5.26 Å². The number of anilines is 1.